The van der Waals surface area contributed by atoms with Crippen molar-refractivity contribution < 1.29 is 9.05 Å². The number of rotatable bonds is 4. The van der Waals surface area contributed by atoms with E-state index in [0.717, 1.165) is 65.1 Å². The molecule has 0 amide bonds. The first-order valence-electron chi connectivity index (χ1n) is 15.7. The highest BCUT2D eigenvalue weighted by atomic mass is 32.9. The number of thiol groups is 1. The average molecular weight is 550 g/mol. The number of hydrogen-bond donors (Lipinski definition) is 2. The smallest absolute Gasteiger partial charge is 0.244 e. The van der Waals surface area contributed by atoms with Crippen LogP contribution in [0.3, 0.4) is 0 Å². The normalized spacial score (nSPS) is 58.6. The molecule has 36 heavy (non-hydrogen) atoms. The van der Waals surface area contributed by atoms with Gasteiger partial charge in [0.25, 0.3) is 0 Å². The molecule has 12 fully saturated rings. The molecule has 202 valence electrons. The topological polar surface area (TPSA) is 44.5 Å². The van der Waals surface area contributed by atoms with Crippen LogP contribution >= 0.6 is 17.9 Å². The predicted molar refractivity (Wildman–Crippen MR) is 152 cm³/mol. The quantitative estimate of drug-likeness (QED) is 0.278. The molecule has 0 aromatic rings. The fraction of sp³-hybridized carbons (Fsp3) is 1.00. The minimum Gasteiger partial charge on any atom is -0.325 e. The highest BCUT2D eigenvalue weighted by Crippen LogP contribution is 2.65. The molecule has 12 bridgehead atoms. The first kappa shape index (κ1) is 24.7. The molecule has 12 aliphatic rings. The van der Waals surface area contributed by atoms with Crippen LogP contribution in [0.1, 0.15) is 103 Å². The van der Waals surface area contributed by atoms with Gasteiger partial charge in [0.1, 0.15) is 0 Å². The van der Waals surface area contributed by atoms with E-state index in [4.69, 9.17) is 38.8 Å². The molecule has 0 heterocycles. The summed E-state index contributed by atoms with van der Waals surface area (Å²) in [5.74, 6) is 9.94. The van der Waals surface area contributed by atoms with Crippen molar-refractivity contribution in [1.29, 1.82) is 0 Å². The fourth-order valence-corrected chi connectivity index (χ4v) is 15.2. The maximum atomic E-state index is 6.59. The van der Waals surface area contributed by atoms with E-state index in [9.17, 15) is 0 Å². The Hall–Kier alpha value is 0.880. The molecule has 0 aromatic heterocycles. The van der Waals surface area contributed by atoms with Gasteiger partial charge in [0.05, 0.1) is 12.2 Å². The molecule has 0 radical (unpaired) electrons. The summed E-state index contributed by atoms with van der Waals surface area (Å²) in [6.07, 6.45) is 23.2. The third-order valence-electron chi connectivity index (χ3n) is 12.9. The van der Waals surface area contributed by atoms with Crippen LogP contribution in [-0.4, -0.2) is 17.7 Å². The Labute approximate surface area is 229 Å². The third-order valence-corrected chi connectivity index (χ3v) is 15.0. The molecule has 0 spiro atoms. The summed E-state index contributed by atoms with van der Waals surface area (Å²) in [6.45, 7) is 0. The molecule has 6 heteroatoms. The van der Waals surface area contributed by atoms with Gasteiger partial charge >= 0.3 is 0 Å². The summed E-state index contributed by atoms with van der Waals surface area (Å²) >= 11 is 10.7. The second kappa shape index (κ2) is 8.94. The molecule has 12 saturated carbocycles. The first-order valence-corrected chi connectivity index (χ1v) is 19.5. The monoisotopic (exact) mass is 549 g/mol. The third kappa shape index (κ3) is 4.54. The van der Waals surface area contributed by atoms with E-state index in [1.54, 1.807) is 0 Å². The highest BCUT2D eigenvalue weighted by molar-refractivity contribution is 8.60. The van der Waals surface area contributed by atoms with Gasteiger partial charge in [0.15, 0.2) is 0 Å². The van der Waals surface area contributed by atoms with Gasteiger partial charge in [-0.2, -0.15) is 0 Å². The summed E-state index contributed by atoms with van der Waals surface area (Å²) in [4.78, 5) is 0. The molecule has 2 N–H and O–H groups in total. The molecule has 0 unspecified atom stereocenters. The minimum absolute atomic E-state index is 0.300. The van der Waals surface area contributed by atoms with E-state index in [2.05, 4.69) is 0 Å². The van der Waals surface area contributed by atoms with Gasteiger partial charge in [-0.05, 0) is 180 Å². The Morgan fingerprint density at radius 2 is 0.806 bits per heavy atom. The van der Waals surface area contributed by atoms with Crippen LogP contribution in [0.2, 0.25) is 0 Å². The average Bonchev–Trinajstić information content (AvgIpc) is 2.77. The lowest BCUT2D eigenvalue weighted by molar-refractivity contribution is -0.0981. The van der Waals surface area contributed by atoms with Crippen molar-refractivity contribution in [2.24, 2.45) is 70.8 Å². The van der Waals surface area contributed by atoms with Crippen LogP contribution in [0.25, 0.3) is 0 Å². The minimum atomic E-state index is -2.42. The van der Waals surface area contributed by atoms with Crippen LogP contribution in [0.4, 0.5) is 0 Å². The maximum Gasteiger partial charge on any atom is 0.244 e. The second-order valence-electron chi connectivity index (χ2n) is 15.7. The number of hydrogen-bond acceptors (Lipinski definition) is 4. The molecular formula is C30H48NO2PS2. The Morgan fingerprint density at radius 3 is 1.08 bits per heavy atom. The maximum absolute atomic E-state index is 6.59. The van der Waals surface area contributed by atoms with E-state index in [-0.39, 0.29) is 0 Å². The van der Waals surface area contributed by atoms with Crippen LogP contribution < -0.4 is 5.73 Å². The summed E-state index contributed by atoms with van der Waals surface area (Å²) in [7, 11) is 0. The van der Waals surface area contributed by atoms with E-state index in [1.165, 1.54) is 103 Å². The lowest BCUT2D eigenvalue weighted by Gasteiger charge is -2.56. The van der Waals surface area contributed by atoms with Crippen molar-refractivity contribution >= 4 is 29.7 Å². The Morgan fingerprint density at radius 1 is 0.528 bits per heavy atom. The number of nitrogens with two attached hydrogens (primary N) is 1. The Bertz CT molecular complexity index is 785. The zero-order chi connectivity index (χ0) is 24.2. The van der Waals surface area contributed by atoms with Crippen LogP contribution in [0.5, 0.6) is 0 Å². The lowest BCUT2D eigenvalue weighted by atomic mass is 9.53. The molecule has 0 aromatic carbocycles. The predicted octanol–water partition coefficient (Wildman–Crippen LogP) is 7.74. The van der Waals surface area contributed by atoms with E-state index in [0.29, 0.717) is 17.7 Å². The van der Waals surface area contributed by atoms with Crippen LogP contribution in [0, 0.1) is 65.1 Å². The fourth-order valence-electron chi connectivity index (χ4n) is 12.6. The van der Waals surface area contributed by atoms with Gasteiger partial charge in [-0.1, -0.05) is 12.2 Å². The second-order valence-corrected chi connectivity index (χ2v) is 20.9. The molecule has 12 aliphatic carbocycles. The van der Waals surface area contributed by atoms with Crippen LogP contribution in [0.15, 0.2) is 0 Å². The van der Waals surface area contributed by atoms with Crippen molar-refractivity contribution in [3.8, 4) is 0 Å². The summed E-state index contributed by atoms with van der Waals surface area (Å²) < 4.78 is 13.2. The van der Waals surface area contributed by atoms with Crippen molar-refractivity contribution in [2.45, 2.75) is 120 Å². The Kier molecular flexibility index (Phi) is 6.12. The Balaban J connectivity index is 0.000000155. The van der Waals surface area contributed by atoms with Gasteiger partial charge in [-0.15, -0.1) is 0 Å². The SMILES string of the molecule is NC12CC3CC(CC(C3)C1)C2.S=P(S)(OC1C2CC3CC(C2)CC1C3)OC1C2CC3CC(C2)CC1C3. The lowest BCUT2D eigenvalue weighted by Crippen LogP contribution is -2.55. The molecule has 3 nitrogen and oxygen atoms in total. The van der Waals surface area contributed by atoms with Gasteiger partial charge in [0.2, 0.25) is 5.69 Å². The largest absolute Gasteiger partial charge is 0.325 e. The summed E-state index contributed by atoms with van der Waals surface area (Å²) in [5, 5.41) is 0. The van der Waals surface area contributed by atoms with E-state index in [1.807, 2.05) is 0 Å². The molecule has 0 saturated heterocycles. The first-order chi connectivity index (χ1) is 17.3. The van der Waals surface area contributed by atoms with Crippen molar-refractivity contribution in [3.05, 3.63) is 0 Å². The standard InChI is InChI=1S/C20H31O2PS2.C10H17N/c24-23(25,21-19-15-3-11-1-12(5-15)6-16(19)4-11)22-20-17-7-13-2-14(9-17)10-18(20)8-13;11-10-4-7-1-8(5-10)3-9(2-7)6-10/h11-20H,1-10H2,(H,24,25);7-9H,1-6,11H2. The molecule has 12 rings (SSSR count). The zero-order valence-corrected chi connectivity index (χ0v) is 24.6. The van der Waals surface area contributed by atoms with E-state index >= 15 is 0 Å². The summed E-state index contributed by atoms with van der Waals surface area (Å²) in [5.41, 5.74) is 4.20. The highest BCUT2D eigenvalue weighted by Gasteiger charge is 2.53. The van der Waals surface area contributed by atoms with Crippen molar-refractivity contribution in [3.63, 3.8) is 0 Å². The van der Waals surface area contributed by atoms with Gasteiger partial charge in [-0.3, -0.25) is 0 Å². The van der Waals surface area contributed by atoms with Gasteiger partial charge in [0, 0.05) is 5.54 Å². The van der Waals surface area contributed by atoms with Crippen molar-refractivity contribution in [1.82, 2.24) is 0 Å². The zero-order valence-electron chi connectivity index (χ0n) is 22.0. The van der Waals surface area contributed by atoms with Crippen LogP contribution in [-0.2, 0) is 20.9 Å². The summed E-state index contributed by atoms with van der Waals surface area (Å²) in [6, 6.07) is 0. The van der Waals surface area contributed by atoms with Crippen molar-refractivity contribution in [2.75, 3.05) is 0 Å². The molecule has 0 atom stereocenters. The van der Waals surface area contributed by atoms with Gasteiger partial charge < -0.3 is 14.8 Å². The molecule has 0 aliphatic heterocycles. The van der Waals surface area contributed by atoms with Gasteiger partial charge in [-0.25, -0.2) is 0 Å². The molecular weight excluding hydrogens is 501 g/mol. The van der Waals surface area contributed by atoms with E-state index < -0.39 is 5.69 Å².